The minimum absolute atomic E-state index is 0.130. The Morgan fingerprint density at radius 3 is 1.91 bits per heavy atom. The van der Waals surface area contributed by atoms with Crippen molar-refractivity contribution >= 4 is 17.7 Å². The SMILES string of the molecule is CC(=O)N/C(=C(\O)[C@@H](CCO)O[C@@H]1OC2CC(O)(O[C@H](C)C[C@H](C)O)C23C(O)C3C1O)[C@@H](O)OC12C(CO)[C@@H](O)C1(O)[C@]2(O)OCC1C(O)C2C(O)(OC34C(CO)O[C@@H](OC56C(CO)O[C@@H](C)C(NC(C)=O)C5C6O)C(NC(C)=O)[C@H]3C4O)[C@@]23CC13O. The van der Waals surface area contributed by atoms with Crippen LogP contribution in [0, 0.1) is 46.3 Å². The van der Waals surface area contributed by atoms with Crippen LogP contribution in [0.5, 0.6) is 0 Å². The molecule has 87 heavy (non-hydrogen) atoms. The van der Waals surface area contributed by atoms with Gasteiger partial charge in [-0.15, -0.1) is 0 Å². The van der Waals surface area contributed by atoms with Gasteiger partial charge >= 0.3 is 0 Å². The zero-order valence-electron chi connectivity index (χ0n) is 48.2. The molecule has 9 aliphatic carbocycles. The maximum atomic E-state index is 12.8. The van der Waals surface area contributed by atoms with Gasteiger partial charge in [-0.25, -0.2) is 0 Å². The van der Waals surface area contributed by atoms with Crippen molar-refractivity contribution in [2.75, 3.05) is 33.0 Å². The minimum Gasteiger partial charge on any atom is -0.507 e. The fraction of sp³-hybridized carbons (Fsp3) is 0.907. The highest BCUT2D eigenvalue weighted by Crippen LogP contribution is 2.91. The van der Waals surface area contributed by atoms with Crippen LogP contribution in [0.25, 0.3) is 0 Å². The second-order valence-corrected chi connectivity index (χ2v) is 26.5. The van der Waals surface area contributed by atoms with E-state index in [0.29, 0.717) is 0 Å². The maximum Gasteiger partial charge on any atom is 0.234 e. The standard InChI is InChI=1S/C54H81N3O30/c1-16(62)9-17(2)84-47(75)10-25-48(47)30(39(48)70)36(68)44(82-25)81-24(7-8-58)35(67)33(57-21(6)65)42(73)85-52-22(11-59)38(69)51(52,76)54(52,78)79-14-23-34(66)37-45(15-46(23,45)74)53(37,77)87-50-27(13-61)83-43(32(56-20(5)64)29(50)41(50)72)86-49-26(12-60)80-18(3)31(55-19(4)63)28(49)40(49)71/h16-18,22-32,34,36-44,58-62,66-78H,7-15H2,1-6H3,(H,55,63)(H,56,64)(H,57,65)/b35-33-/t16-,17+,18-,22?,23?,24+,25?,26?,27?,28?,29-,30?,31?,32?,34?,36?,37?,38+,39?,40?,41?,42-,43-,44+,45-,46?,47?,48?,49?,50?,51?,52?,53?,54-/m0/s1. The Balaban J connectivity index is 0.740. The summed E-state index contributed by atoms with van der Waals surface area (Å²) in [5.74, 6) is -18.7. The number of hydrogen-bond donors (Lipinski definition) is 21. The maximum absolute atomic E-state index is 12.8. The van der Waals surface area contributed by atoms with Gasteiger partial charge in [0.1, 0.15) is 47.1 Å². The van der Waals surface area contributed by atoms with E-state index in [1.807, 2.05) is 0 Å². The lowest BCUT2D eigenvalue weighted by molar-refractivity contribution is -0.404. The summed E-state index contributed by atoms with van der Waals surface area (Å²) in [5, 5.41) is 212. The van der Waals surface area contributed by atoms with E-state index in [4.69, 9.17) is 42.6 Å². The monoisotopic (exact) mass is 1250 g/mol. The molecule has 33 heteroatoms. The summed E-state index contributed by atoms with van der Waals surface area (Å²) in [6.07, 6.45) is -24.7. The number of aliphatic hydroxyl groups is 18. The topological polar surface area (TPSA) is 535 Å². The molecule has 0 aromatic rings. The summed E-state index contributed by atoms with van der Waals surface area (Å²) in [7, 11) is 0. The lowest BCUT2D eigenvalue weighted by Crippen LogP contribution is -2.69. The Labute approximate surface area is 495 Å². The number of carbonyl (C=O) groups excluding carboxylic acids is 3. The molecule has 2 spiro atoms. The summed E-state index contributed by atoms with van der Waals surface area (Å²) in [6.45, 7) is 3.72. The number of fused-ring (bicyclic) bond motifs is 3. The second kappa shape index (κ2) is 20.5. The normalized spacial score (nSPS) is 55.2. The minimum atomic E-state index is -3.15. The van der Waals surface area contributed by atoms with Gasteiger partial charge in [0.05, 0.1) is 116 Å². The molecule has 0 aromatic heterocycles. The molecule has 492 valence electrons. The van der Waals surface area contributed by atoms with Gasteiger partial charge < -0.3 is 150 Å². The Morgan fingerprint density at radius 1 is 0.713 bits per heavy atom. The van der Waals surface area contributed by atoms with E-state index in [2.05, 4.69) is 16.0 Å². The molecule has 3 amide bonds. The van der Waals surface area contributed by atoms with E-state index in [-0.39, 0.29) is 19.3 Å². The molecule has 12 aliphatic rings. The zero-order valence-corrected chi connectivity index (χ0v) is 48.2. The van der Waals surface area contributed by atoms with Gasteiger partial charge in [-0.05, 0) is 33.6 Å². The molecule has 0 aromatic carbocycles. The van der Waals surface area contributed by atoms with Crippen molar-refractivity contribution in [1.29, 1.82) is 0 Å². The van der Waals surface area contributed by atoms with E-state index in [0.717, 1.165) is 13.8 Å². The third-order valence-electron chi connectivity index (χ3n) is 22.1. The van der Waals surface area contributed by atoms with Crippen molar-refractivity contribution < 1.29 is 149 Å². The number of amides is 3. The van der Waals surface area contributed by atoms with Crippen LogP contribution in [0.2, 0.25) is 0 Å². The second-order valence-electron chi connectivity index (χ2n) is 26.5. The van der Waals surface area contributed by atoms with Gasteiger partial charge in [-0.2, -0.15) is 0 Å². The van der Waals surface area contributed by atoms with Gasteiger partial charge in [0.2, 0.25) is 29.8 Å². The molecule has 3 aliphatic heterocycles. The third-order valence-corrected chi connectivity index (χ3v) is 22.1. The summed E-state index contributed by atoms with van der Waals surface area (Å²) in [5.41, 5.74) is -15.8. The van der Waals surface area contributed by atoms with E-state index in [1.165, 1.54) is 13.8 Å². The van der Waals surface area contributed by atoms with Crippen LogP contribution in [0.1, 0.15) is 67.2 Å². The van der Waals surface area contributed by atoms with Crippen LogP contribution >= 0.6 is 0 Å². The number of aliphatic hydroxyl groups excluding tert-OH is 13. The molecule has 12 fully saturated rings. The van der Waals surface area contributed by atoms with Crippen LogP contribution < -0.4 is 16.0 Å². The number of hydrogen-bond acceptors (Lipinski definition) is 30. The van der Waals surface area contributed by atoms with Crippen molar-refractivity contribution in [3.63, 3.8) is 0 Å². The van der Waals surface area contributed by atoms with E-state index in [1.54, 1.807) is 13.8 Å². The lowest BCUT2D eigenvalue weighted by atomic mass is 9.67. The molecule has 12 rings (SSSR count). The highest BCUT2D eigenvalue weighted by atomic mass is 16.8. The van der Waals surface area contributed by atoms with Crippen molar-refractivity contribution in [2.24, 2.45) is 46.3 Å². The first kappa shape index (κ1) is 64.0. The molecule has 3 saturated heterocycles. The third kappa shape index (κ3) is 7.91. The van der Waals surface area contributed by atoms with Crippen molar-refractivity contribution in [2.45, 2.75) is 223 Å². The Kier molecular flexibility index (Phi) is 15.1. The molecule has 3 heterocycles. The molecular weight excluding hydrogens is 1170 g/mol. The molecule has 21 N–H and O–H groups in total. The van der Waals surface area contributed by atoms with E-state index in [9.17, 15) is 106 Å². The smallest absolute Gasteiger partial charge is 0.234 e. The molecule has 9 saturated carbocycles. The first-order chi connectivity index (χ1) is 40.7. The molecule has 23 unspecified atom stereocenters. The molecule has 34 atom stereocenters. The van der Waals surface area contributed by atoms with Gasteiger partial charge in [0.15, 0.2) is 35.4 Å². The average Bonchev–Trinajstić information content (AvgIpc) is 1.41. The molecule has 0 radical (unpaired) electrons. The van der Waals surface area contributed by atoms with Crippen LogP contribution in [0.15, 0.2) is 11.5 Å². The number of ether oxygens (including phenoxy) is 9. The summed E-state index contributed by atoms with van der Waals surface area (Å²) >= 11 is 0. The van der Waals surface area contributed by atoms with Crippen LogP contribution in [0.4, 0.5) is 0 Å². The lowest BCUT2D eigenvalue weighted by Gasteiger charge is -2.56. The van der Waals surface area contributed by atoms with Gasteiger partial charge in [0.25, 0.3) is 0 Å². The average molecular weight is 1250 g/mol. The molecule has 0 bridgehead atoms. The number of rotatable bonds is 25. The van der Waals surface area contributed by atoms with E-state index >= 15 is 0 Å². The number of nitrogens with one attached hydrogen (secondary N) is 3. The zero-order chi connectivity index (χ0) is 63.6. The van der Waals surface area contributed by atoms with Crippen LogP contribution in [-0.4, -0.2) is 298 Å². The van der Waals surface area contributed by atoms with Crippen molar-refractivity contribution in [3.05, 3.63) is 11.5 Å². The highest BCUT2D eigenvalue weighted by molar-refractivity contribution is 5.75. The van der Waals surface area contributed by atoms with Gasteiger partial charge in [0, 0.05) is 69.8 Å². The fourth-order valence-electron chi connectivity index (χ4n) is 18.0. The quantitative estimate of drug-likeness (QED) is 0.0298. The Morgan fingerprint density at radius 2 is 1.33 bits per heavy atom. The van der Waals surface area contributed by atoms with Crippen molar-refractivity contribution in [3.8, 4) is 0 Å². The Hall–Kier alpha value is -3.09. The first-order valence-electron chi connectivity index (χ1n) is 29.4. The summed E-state index contributed by atoms with van der Waals surface area (Å²) in [6, 6.07) is -2.19. The fourth-order valence-corrected chi connectivity index (χ4v) is 18.0. The van der Waals surface area contributed by atoms with Crippen LogP contribution in [0.3, 0.4) is 0 Å². The molecular formula is C54H81N3O30. The van der Waals surface area contributed by atoms with Crippen molar-refractivity contribution in [1.82, 2.24) is 16.0 Å². The van der Waals surface area contributed by atoms with Crippen LogP contribution in [-0.2, 0) is 57.0 Å². The number of carbonyl (C=O) groups is 3. The highest BCUT2D eigenvalue weighted by Gasteiger charge is 3.06. The first-order valence-corrected chi connectivity index (χ1v) is 29.4. The van der Waals surface area contributed by atoms with E-state index < -0.39 is 271 Å². The predicted octanol–water partition coefficient (Wildman–Crippen LogP) is -10.1. The Bertz CT molecular complexity index is 2810. The van der Waals surface area contributed by atoms with Gasteiger partial charge in [-0.1, -0.05) is 0 Å². The molecule has 33 nitrogen and oxygen atoms in total. The summed E-state index contributed by atoms with van der Waals surface area (Å²) in [4.78, 5) is 37.7. The summed E-state index contributed by atoms with van der Waals surface area (Å²) < 4.78 is 54.4. The largest absolute Gasteiger partial charge is 0.507 e. The predicted molar refractivity (Wildman–Crippen MR) is 274 cm³/mol. The van der Waals surface area contributed by atoms with Gasteiger partial charge in [-0.3, -0.25) is 14.4 Å².